The van der Waals surface area contributed by atoms with Gasteiger partial charge in [-0.1, -0.05) is 17.2 Å². The highest BCUT2D eigenvalue weighted by Crippen LogP contribution is 2.06. The molecule has 3 N–H and O–H groups in total. The number of amides is 1. The molecular weight excluding hydrogens is 304 g/mol. The molecule has 0 saturated heterocycles. The van der Waals surface area contributed by atoms with Gasteiger partial charge in [0.2, 0.25) is 5.91 Å². The zero-order valence-electron chi connectivity index (χ0n) is 15.7. The Balaban J connectivity index is 3.47. The van der Waals surface area contributed by atoms with E-state index in [1.807, 2.05) is 6.92 Å². The van der Waals surface area contributed by atoms with Gasteiger partial charge in [-0.15, -0.1) is 0 Å². The Kier molecular flexibility index (Phi) is 15.9. The van der Waals surface area contributed by atoms with Crippen molar-refractivity contribution in [3.8, 4) is 0 Å². The van der Waals surface area contributed by atoms with Crippen LogP contribution < -0.4 is 11.1 Å². The van der Waals surface area contributed by atoms with Crippen LogP contribution in [0.1, 0.15) is 52.9 Å². The van der Waals surface area contributed by atoms with E-state index in [4.69, 9.17) is 15.2 Å². The van der Waals surface area contributed by atoms with E-state index in [0.29, 0.717) is 32.9 Å². The van der Waals surface area contributed by atoms with Gasteiger partial charge in [0.25, 0.3) is 0 Å². The van der Waals surface area contributed by atoms with Crippen molar-refractivity contribution < 1.29 is 14.3 Å². The maximum Gasteiger partial charge on any atom is 0.243 e. The average molecular weight is 341 g/mol. The van der Waals surface area contributed by atoms with Crippen LogP contribution in [0.2, 0.25) is 0 Å². The molecular formula is C19H36N2O3. The Bertz CT molecular complexity index is 375. The summed E-state index contributed by atoms with van der Waals surface area (Å²) in [6.45, 7) is 10.3. The van der Waals surface area contributed by atoms with Crippen molar-refractivity contribution in [2.75, 3.05) is 39.5 Å². The van der Waals surface area contributed by atoms with E-state index in [2.05, 4.69) is 25.2 Å². The molecule has 5 heteroatoms. The summed E-state index contributed by atoms with van der Waals surface area (Å²) in [4.78, 5) is 11.7. The first kappa shape index (κ1) is 22.8. The maximum absolute atomic E-state index is 11.7. The Morgan fingerprint density at radius 1 is 1.00 bits per heavy atom. The van der Waals surface area contributed by atoms with Crippen LogP contribution >= 0.6 is 0 Å². The van der Waals surface area contributed by atoms with E-state index >= 15 is 0 Å². The fourth-order valence-corrected chi connectivity index (χ4v) is 1.97. The van der Waals surface area contributed by atoms with Gasteiger partial charge in [-0.05, 0) is 59.4 Å². The minimum Gasteiger partial charge on any atom is -0.381 e. The zero-order valence-corrected chi connectivity index (χ0v) is 15.7. The van der Waals surface area contributed by atoms with Crippen LogP contribution in [0.15, 0.2) is 23.3 Å². The van der Waals surface area contributed by atoms with Crippen molar-refractivity contribution in [1.29, 1.82) is 0 Å². The predicted molar refractivity (Wildman–Crippen MR) is 100.0 cm³/mol. The molecule has 0 saturated carbocycles. The number of nitrogens with one attached hydrogen (secondary N) is 1. The quantitative estimate of drug-likeness (QED) is 0.273. The van der Waals surface area contributed by atoms with Crippen LogP contribution in [-0.2, 0) is 14.3 Å². The molecule has 0 rings (SSSR count). The molecule has 0 aromatic heterocycles. The minimum absolute atomic E-state index is 0.0157. The van der Waals surface area contributed by atoms with Crippen LogP contribution in [0, 0.1) is 0 Å². The summed E-state index contributed by atoms with van der Waals surface area (Å²) in [5.41, 5.74) is 7.80. The molecule has 140 valence electrons. The molecule has 0 aromatic carbocycles. The SMILES string of the molecule is CC(C)=CCCC(C)=CC(=O)NCCCOCCCOCCCN. The minimum atomic E-state index is -0.0157. The molecule has 0 bridgehead atoms. The third-order valence-corrected chi connectivity index (χ3v) is 3.30. The number of rotatable bonds is 15. The number of carbonyl (C=O) groups is 1. The van der Waals surface area contributed by atoms with Crippen molar-refractivity contribution in [1.82, 2.24) is 5.32 Å². The van der Waals surface area contributed by atoms with Crippen molar-refractivity contribution in [2.24, 2.45) is 5.73 Å². The summed E-state index contributed by atoms with van der Waals surface area (Å²) in [5.74, 6) is -0.0157. The summed E-state index contributed by atoms with van der Waals surface area (Å²) in [6.07, 6.45) is 8.42. The summed E-state index contributed by atoms with van der Waals surface area (Å²) < 4.78 is 10.9. The van der Waals surface area contributed by atoms with Crippen LogP contribution in [0.5, 0.6) is 0 Å². The molecule has 0 atom stereocenters. The Labute approximate surface area is 147 Å². The van der Waals surface area contributed by atoms with E-state index < -0.39 is 0 Å². The number of ether oxygens (including phenoxy) is 2. The topological polar surface area (TPSA) is 73.6 Å². The molecule has 0 aliphatic heterocycles. The molecule has 0 spiro atoms. The first-order valence-electron chi connectivity index (χ1n) is 9.00. The standard InChI is InChI=1S/C19H36N2O3/c1-17(2)8-4-9-18(3)16-19(22)21-11-6-13-24-15-7-14-23-12-5-10-20/h8,16H,4-7,9-15,20H2,1-3H3,(H,21,22). The van der Waals surface area contributed by atoms with E-state index in [9.17, 15) is 4.79 Å². The predicted octanol–water partition coefficient (Wildman–Crippen LogP) is 2.96. The van der Waals surface area contributed by atoms with Crippen LogP contribution in [-0.4, -0.2) is 45.4 Å². The molecule has 0 aliphatic carbocycles. The molecule has 0 aliphatic rings. The summed E-state index contributed by atoms with van der Waals surface area (Å²) >= 11 is 0. The lowest BCUT2D eigenvalue weighted by molar-refractivity contribution is -0.116. The van der Waals surface area contributed by atoms with E-state index in [1.54, 1.807) is 6.08 Å². The zero-order chi connectivity index (χ0) is 18.0. The Hall–Kier alpha value is -1.17. The highest BCUT2D eigenvalue weighted by molar-refractivity contribution is 5.88. The Morgan fingerprint density at radius 3 is 2.25 bits per heavy atom. The van der Waals surface area contributed by atoms with Crippen molar-refractivity contribution >= 4 is 5.91 Å². The van der Waals surface area contributed by atoms with Gasteiger partial charge in [-0.2, -0.15) is 0 Å². The fraction of sp³-hybridized carbons (Fsp3) is 0.737. The van der Waals surface area contributed by atoms with Crippen molar-refractivity contribution in [3.63, 3.8) is 0 Å². The van der Waals surface area contributed by atoms with E-state index in [1.165, 1.54) is 5.57 Å². The molecule has 0 aromatic rings. The molecule has 0 heterocycles. The number of hydrogen-bond acceptors (Lipinski definition) is 4. The highest BCUT2D eigenvalue weighted by atomic mass is 16.5. The molecule has 0 radical (unpaired) electrons. The summed E-state index contributed by atoms with van der Waals surface area (Å²) in [5, 5.41) is 2.89. The number of carbonyl (C=O) groups excluding carboxylic acids is 1. The maximum atomic E-state index is 11.7. The Morgan fingerprint density at radius 2 is 1.62 bits per heavy atom. The molecule has 1 amide bonds. The van der Waals surface area contributed by atoms with Gasteiger partial charge in [-0.3, -0.25) is 4.79 Å². The van der Waals surface area contributed by atoms with E-state index in [-0.39, 0.29) is 5.91 Å². The largest absolute Gasteiger partial charge is 0.381 e. The third kappa shape index (κ3) is 17.2. The lowest BCUT2D eigenvalue weighted by atomic mass is 10.1. The fourth-order valence-electron chi connectivity index (χ4n) is 1.97. The third-order valence-electron chi connectivity index (χ3n) is 3.30. The van der Waals surface area contributed by atoms with Gasteiger partial charge in [0.1, 0.15) is 0 Å². The van der Waals surface area contributed by atoms with Gasteiger partial charge in [-0.25, -0.2) is 0 Å². The van der Waals surface area contributed by atoms with Gasteiger partial charge in [0, 0.05) is 39.0 Å². The van der Waals surface area contributed by atoms with Gasteiger partial charge < -0.3 is 20.5 Å². The molecule has 5 nitrogen and oxygen atoms in total. The van der Waals surface area contributed by atoms with E-state index in [0.717, 1.165) is 44.3 Å². The average Bonchev–Trinajstić information content (AvgIpc) is 2.52. The number of allylic oxidation sites excluding steroid dienone is 3. The smallest absolute Gasteiger partial charge is 0.243 e. The van der Waals surface area contributed by atoms with Crippen LogP contribution in [0.4, 0.5) is 0 Å². The number of hydrogen-bond donors (Lipinski definition) is 2. The first-order valence-corrected chi connectivity index (χ1v) is 9.00. The van der Waals surface area contributed by atoms with Crippen LogP contribution in [0.25, 0.3) is 0 Å². The molecule has 0 unspecified atom stereocenters. The second kappa shape index (κ2) is 16.7. The summed E-state index contributed by atoms with van der Waals surface area (Å²) in [7, 11) is 0. The first-order chi connectivity index (χ1) is 11.6. The van der Waals surface area contributed by atoms with Gasteiger partial charge in [0.15, 0.2) is 0 Å². The normalized spacial score (nSPS) is 11.4. The molecule has 24 heavy (non-hydrogen) atoms. The van der Waals surface area contributed by atoms with Gasteiger partial charge >= 0.3 is 0 Å². The number of nitrogens with two attached hydrogens (primary N) is 1. The van der Waals surface area contributed by atoms with Crippen LogP contribution in [0.3, 0.4) is 0 Å². The lowest BCUT2D eigenvalue weighted by Gasteiger charge is -2.06. The lowest BCUT2D eigenvalue weighted by Crippen LogP contribution is -2.23. The summed E-state index contributed by atoms with van der Waals surface area (Å²) in [6, 6.07) is 0. The van der Waals surface area contributed by atoms with Crippen molar-refractivity contribution in [2.45, 2.75) is 52.9 Å². The monoisotopic (exact) mass is 340 g/mol. The second-order valence-corrected chi connectivity index (χ2v) is 6.18. The van der Waals surface area contributed by atoms with Gasteiger partial charge in [0.05, 0.1) is 0 Å². The second-order valence-electron chi connectivity index (χ2n) is 6.18. The highest BCUT2D eigenvalue weighted by Gasteiger charge is 1.98. The molecule has 0 fully saturated rings. The van der Waals surface area contributed by atoms with Crippen molar-refractivity contribution in [3.05, 3.63) is 23.3 Å².